The van der Waals surface area contributed by atoms with E-state index in [9.17, 15) is 0 Å². The van der Waals surface area contributed by atoms with Crippen molar-refractivity contribution in [1.29, 1.82) is 5.41 Å². The highest BCUT2D eigenvalue weighted by Gasteiger charge is 2.17. The molecule has 0 saturated carbocycles. The average Bonchev–Trinajstić information content (AvgIpc) is 2.54. The number of rotatable bonds is 2. The summed E-state index contributed by atoms with van der Waals surface area (Å²) in [6.07, 6.45) is 0.823. The van der Waals surface area contributed by atoms with E-state index in [1.54, 1.807) is 12.1 Å². The van der Waals surface area contributed by atoms with E-state index in [0.29, 0.717) is 41.9 Å². The Balaban J connectivity index is 2.35. The summed E-state index contributed by atoms with van der Waals surface area (Å²) in [7, 11) is 0. The lowest BCUT2D eigenvalue weighted by Gasteiger charge is -2.12. The third kappa shape index (κ3) is 2.64. The summed E-state index contributed by atoms with van der Waals surface area (Å²) in [5.41, 5.74) is 0.598. The van der Waals surface area contributed by atoms with Gasteiger partial charge in [0.1, 0.15) is 0 Å². The molecule has 2 rings (SSSR count). The third-order valence-electron chi connectivity index (χ3n) is 2.35. The van der Waals surface area contributed by atoms with Crippen molar-refractivity contribution in [1.82, 2.24) is 0 Å². The maximum Gasteiger partial charge on any atom is 0.213 e. The SMILES string of the molecule is CCOC(=N)c1cc(Cl)c2c(c1)OCCCO2. The lowest BCUT2D eigenvalue weighted by atomic mass is 10.2. The highest BCUT2D eigenvalue weighted by Crippen LogP contribution is 2.38. The van der Waals surface area contributed by atoms with Crippen molar-refractivity contribution in [3.05, 3.63) is 22.7 Å². The van der Waals surface area contributed by atoms with E-state index >= 15 is 0 Å². The zero-order valence-corrected chi connectivity index (χ0v) is 10.3. The first kappa shape index (κ1) is 12.0. The average molecular weight is 256 g/mol. The Morgan fingerprint density at radius 2 is 2.18 bits per heavy atom. The molecule has 92 valence electrons. The zero-order chi connectivity index (χ0) is 12.3. The largest absolute Gasteiger partial charge is 0.489 e. The minimum atomic E-state index is 0.0880. The van der Waals surface area contributed by atoms with E-state index in [4.69, 9.17) is 31.2 Å². The molecule has 1 aliphatic heterocycles. The molecule has 5 heteroatoms. The molecule has 0 atom stereocenters. The van der Waals surface area contributed by atoms with E-state index < -0.39 is 0 Å². The molecule has 0 saturated heterocycles. The van der Waals surface area contributed by atoms with Crippen LogP contribution in [0.15, 0.2) is 12.1 Å². The Bertz CT molecular complexity index is 434. The van der Waals surface area contributed by atoms with E-state index in [0.717, 1.165) is 6.42 Å². The number of fused-ring (bicyclic) bond motifs is 1. The minimum absolute atomic E-state index is 0.0880. The van der Waals surface area contributed by atoms with Gasteiger partial charge in [-0.1, -0.05) is 11.6 Å². The molecule has 1 N–H and O–H groups in total. The Labute approximate surface area is 105 Å². The lowest BCUT2D eigenvalue weighted by Crippen LogP contribution is -2.05. The van der Waals surface area contributed by atoms with Crippen LogP contribution in [0.4, 0.5) is 0 Å². The molecule has 0 bridgehead atoms. The highest BCUT2D eigenvalue weighted by atomic mass is 35.5. The third-order valence-corrected chi connectivity index (χ3v) is 2.63. The van der Waals surface area contributed by atoms with Gasteiger partial charge in [0.2, 0.25) is 5.90 Å². The zero-order valence-electron chi connectivity index (χ0n) is 9.59. The van der Waals surface area contributed by atoms with Crippen LogP contribution in [0.5, 0.6) is 11.5 Å². The molecule has 1 heterocycles. The van der Waals surface area contributed by atoms with Crippen molar-refractivity contribution in [2.24, 2.45) is 0 Å². The molecular formula is C12H14ClNO3. The van der Waals surface area contributed by atoms with Crippen LogP contribution in [-0.4, -0.2) is 25.7 Å². The summed E-state index contributed by atoms with van der Waals surface area (Å²) < 4.78 is 16.2. The van der Waals surface area contributed by atoms with Crippen LogP contribution in [-0.2, 0) is 4.74 Å². The molecule has 4 nitrogen and oxygen atoms in total. The number of nitrogens with one attached hydrogen (secondary N) is 1. The number of hydrogen-bond donors (Lipinski definition) is 1. The van der Waals surface area contributed by atoms with Gasteiger partial charge in [0.05, 0.1) is 24.8 Å². The molecule has 1 aliphatic rings. The van der Waals surface area contributed by atoms with Gasteiger partial charge in [-0.05, 0) is 19.1 Å². The van der Waals surface area contributed by atoms with E-state index in [-0.39, 0.29) is 5.90 Å². The van der Waals surface area contributed by atoms with Crippen LogP contribution >= 0.6 is 11.6 Å². The van der Waals surface area contributed by atoms with Gasteiger partial charge in [0, 0.05) is 12.0 Å². The fraction of sp³-hybridized carbons (Fsp3) is 0.417. The van der Waals surface area contributed by atoms with Gasteiger partial charge in [-0.3, -0.25) is 5.41 Å². The Morgan fingerprint density at radius 1 is 1.41 bits per heavy atom. The molecule has 17 heavy (non-hydrogen) atoms. The fourth-order valence-corrected chi connectivity index (χ4v) is 1.85. The van der Waals surface area contributed by atoms with Crippen molar-refractivity contribution < 1.29 is 14.2 Å². The summed E-state index contributed by atoms with van der Waals surface area (Å²) in [6, 6.07) is 3.39. The van der Waals surface area contributed by atoms with Crippen molar-refractivity contribution in [2.75, 3.05) is 19.8 Å². The van der Waals surface area contributed by atoms with Crippen LogP contribution in [0.2, 0.25) is 5.02 Å². The van der Waals surface area contributed by atoms with Gasteiger partial charge in [-0.25, -0.2) is 0 Å². The van der Waals surface area contributed by atoms with Gasteiger partial charge < -0.3 is 14.2 Å². The van der Waals surface area contributed by atoms with Crippen LogP contribution < -0.4 is 9.47 Å². The van der Waals surface area contributed by atoms with Gasteiger partial charge in [0.15, 0.2) is 11.5 Å². The number of ether oxygens (including phenoxy) is 3. The molecule has 0 aliphatic carbocycles. The Hall–Kier alpha value is -1.42. The van der Waals surface area contributed by atoms with E-state index in [2.05, 4.69) is 0 Å². The van der Waals surface area contributed by atoms with Crippen molar-refractivity contribution in [3.8, 4) is 11.5 Å². The first-order chi connectivity index (χ1) is 8.22. The van der Waals surface area contributed by atoms with Crippen molar-refractivity contribution in [2.45, 2.75) is 13.3 Å². The standard InChI is InChI=1S/C12H14ClNO3/c1-2-15-12(14)8-6-9(13)11-10(7-8)16-4-3-5-17-11/h6-7,14H,2-5H2,1H3. The van der Waals surface area contributed by atoms with E-state index in [1.165, 1.54) is 0 Å². The maximum atomic E-state index is 7.72. The number of hydrogen-bond acceptors (Lipinski definition) is 4. The van der Waals surface area contributed by atoms with Crippen molar-refractivity contribution in [3.63, 3.8) is 0 Å². The van der Waals surface area contributed by atoms with Crippen LogP contribution in [0, 0.1) is 5.41 Å². The van der Waals surface area contributed by atoms with Crippen LogP contribution in [0.1, 0.15) is 18.9 Å². The molecule has 0 amide bonds. The Morgan fingerprint density at radius 3 is 2.94 bits per heavy atom. The van der Waals surface area contributed by atoms with Crippen LogP contribution in [0.3, 0.4) is 0 Å². The summed E-state index contributed by atoms with van der Waals surface area (Å²) >= 11 is 6.11. The Kier molecular flexibility index (Phi) is 3.74. The molecule has 1 aromatic rings. The smallest absolute Gasteiger partial charge is 0.213 e. The van der Waals surface area contributed by atoms with Crippen molar-refractivity contribution >= 4 is 17.5 Å². The predicted molar refractivity (Wildman–Crippen MR) is 65.5 cm³/mol. The highest BCUT2D eigenvalue weighted by molar-refractivity contribution is 6.32. The summed E-state index contributed by atoms with van der Waals surface area (Å²) in [6.45, 7) is 3.47. The van der Waals surface area contributed by atoms with Gasteiger partial charge in [0.25, 0.3) is 0 Å². The summed E-state index contributed by atoms with van der Waals surface area (Å²) in [5.74, 6) is 1.22. The number of halogens is 1. The predicted octanol–water partition coefficient (Wildman–Crippen LogP) is 2.86. The van der Waals surface area contributed by atoms with Gasteiger partial charge in [-0.2, -0.15) is 0 Å². The maximum absolute atomic E-state index is 7.72. The first-order valence-corrected chi connectivity index (χ1v) is 5.91. The second kappa shape index (κ2) is 5.27. The lowest BCUT2D eigenvalue weighted by molar-refractivity contribution is 0.297. The monoisotopic (exact) mass is 255 g/mol. The molecule has 0 fully saturated rings. The van der Waals surface area contributed by atoms with Gasteiger partial charge in [-0.15, -0.1) is 0 Å². The fourth-order valence-electron chi connectivity index (χ4n) is 1.59. The van der Waals surface area contributed by atoms with Gasteiger partial charge >= 0.3 is 0 Å². The molecule has 0 spiro atoms. The van der Waals surface area contributed by atoms with E-state index in [1.807, 2.05) is 6.92 Å². The first-order valence-electron chi connectivity index (χ1n) is 5.53. The quantitative estimate of drug-likeness (QED) is 0.653. The summed E-state index contributed by atoms with van der Waals surface area (Å²) in [5, 5.41) is 8.17. The second-order valence-corrected chi connectivity index (χ2v) is 4.01. The molecule has 0 radical (unpaired) electrons. The molecule has 0 unspecified atom stereocenters. The molecule has 0 aromatic heterocycles. The summed E-state index contributed by atoms with van der Waals surface area (Å²) in [4.78, 5) is 0. The minimum Gasteiger partial charge on any atom is -0.489 e. The molecular weight excluding hydrogens is 242 g/mol. The second-order valence-electron chi connectivity index (χ2n) is 3.60. The van der Waals surface area contributed by atoms with Crippen LogP contribution in [0.25, 0.3) is 0 Å². The molecule has 1 aromatic carbocycles. The topological polar surface area (TPSA) is 51.5 Å². The number of benzene rings is 1. The normalized spacial score (nSPS) is 14.0.